The Morgan fingerprint density at radius 1 is 1.19 bits per heavy atom. The second kappa shape index (κ2) is 10.9. The van der Waals surface area contributed by atoms with Crippen LogP contribution in [0.25, 0.3) is 32.2 Å². The highest BCUT2D eigenvalue weighted by Crippen LogP contribution is 2.48. The Balaban J connectivity index is 1.25. The molecule has 3 N–H and O–H groups in total. The van der Waals surface area contributed by atoms with Gasteiger partial charge in [0.15, 0.2) is 11.6 Å². The number of nitrogens with one attached hydrogen (secondary N) is 1. The van der Waals surface area contributed by atoms with Gasteiger partial charge in [-0.3, -0.25) is 9.88 Å². The molecule has 4 aromatic rings. The predicted octanol–water partition coefficient (Wildman–Crippen LogP) is 4.24. The van der Waals surface area contributed by atoms with Crippen molar-refractivity contribution < 1.29 is 23.0 Å². The summed E-state index contributed by atoms with van der Waals surface area (Å²) in [6.07, 6.45) is 6.11. The summed E-state index contributed by atoms with van der Waals surface area (Å²) in [6.45, 7) is 4.19. The van der Waals surface area contributed by atoms with Crippen LogP contribution in [0, 0.1) is 23.0 Å². The van der Waals surface area contributed by atoms with Gasteiger partial charge in [-0.15, -0.1) is 11.3 Å². The first-order valence-electron chi connectivity index (χ1n) is 16.2. The molecular formula is C33H34F2N8O3S. The first-order valence-corrected chi connectivity index (χ1v) is 17.0. The van der Waals surface area contributed by atoms with Gasteiger partial charge in [-0.25, -0.2) is 8.78 Å². The van der Waals surface area contributed by atoms with Crippen LogP contribution in [0.5, 0.6) is 6.01 Å². The van der Waals surface area contributed by atoms with Gasteiger partial charge in [0, 0.05) is 49.8 Å². The minimum atomic E-state index is -0.629. The molecule has 1 aromatic carbocycles. The number of thiophene rings is 1. The molecule has 0 aliphatic carbocycles. The number of nitrogens with two attached hydrogens (primary N) is 1. The molecule has 0 spiro atoms. The zero-order valence-corrected chi connectivity index (χ0v) is 26.8. The molecule has 47 heavy (non-hydrogen) atoms. The van der Waals surface area contributed by atoms with Gasteiger partial charge >= 0.3 is 6.01 Å². The van der Waals surface area contributed by atoms with E-state index in [0.717, 1.165) is 81.4 Å². The number of halogens is 2. The van der Waals surface area contributed by atoms with Gasteiger partial charge in [0.1, 0.15) is 29.0 Å². The summed E-state index contributed by atoms with van der Waals surface area (Å²) in [4.78, 5) is 19.0. The number of piperazine rings is 1. The van der Waals surface area contributed by atoms with E-state index in [-0.39, 0.29) is 80.4 Å². The number of pyridine rings is 1. The molecule has 4 atom stereocenters. The fourth-order valence-electron chi connectivity index (χ4n) is 8.83. The van der Waals surface area contributed by atoms with Crippen molar-refractivity contribution >= 4 is 43.1 Å². The highest BCUT2D eigenvalue weighted by molar-refractivity contribution is 7.23. The quantitative estimate of drug-likeness (QED) is 0.308. The molecule has 14 heteroatoms. The number of aromatic nitrogens is 3. The summed E-state index contributed by atoms with van der Waals surface area (Å²) in [5.41, 5.74) is 7.80. The zero-order chi connectivity index (χ0) is 32.0. The van der Waals surface area contributed by atoms with Crippen molar-refractivity contribution in [1.29, 1.82) is 5.26 Å². The van der Waals surface area contributed by atoms with Crippen molar-refractivity contribution in [3.63, 3.8) is 0 Å². The van der Waals surface area contributed by atoms with Crippen LogP contribution in [0.1, 0.15) is 48.8 Å². The second-order valence-electron chi connectivity index (χ2n) is 13.4. The highest BCUT2D eigenvalue weighted by atomic mass is 32.1. The number of ether oxygens (including phenoxy) is 3. The molecule has 2 bridgehead atoms. The summed E-state index contributed by atoms with van der Waals surface area (Å²) in [6, 6.07) is 2.60. The van der Waals surface area contributed by atoms with E-state index in [1.54, 1.807) is 7.11 Å². The number of nitrogens with zero attached hydrogens (tertiary/aromatic N) is 6. The molecule has 0 amide bonds. The molecule has 4 fully saturated rings. The molecular weight excluding hydrogens is 626 g/mol. The van der Waals surface area contributed by atoms with Gasteiger partial charge in [-0.1, -0.05) is 0 Å². The summed E-state index contributed by atoms with van der Waals surface area (Å²) in [7, 11) is 1.75. The normalized spacial score (nSPS) is 26.8. The molecule has 8 heterocycles. The van der Waals surface area contributed by atoms with Crippen LogP contribution in [-0.4, -0.2) is 83.5 Å². The van der Waals surface area contributed by atoms with Crippen molar-refractivity contribution in [1.82, 2.24) is 25.2 Å². The minimum Gasteiger partial charge on any atom is -0.461 e. The lowest BCUT2D eigenvalue weighted by Crippen LogP contribution is -2.52. The van der Waals surface area contributed by atoms with Gasteiger partial charge in [0.2, 0.25) is 0 Å². The first kappa shape index (κ1) is 29.4. The molecule has 4 unspecified atom stereocenters. The van der Waals surface area contributed by atoms with Crippen molar-refractivity contribution in [3.8, 4) is 23.3 Å². The van der Waals surface area contributed by atoms with Gasteiger partial charge < -0.3 is 30.2 Å². The molecule has 3 aromatic heterocycles. The number of hydrogen-bond donors (Lipinski definition) is 2. The standard InChI is InChI=1S/C33H34F2N8O3S/c1-44-18-7-33(5-2-6-42(33)12-18)15-46-32-40-28-25(31(41-32)43-16-3-4-17(43)10-38-9-16)21-14-45-13-20(21)23(26(28)35)27-24-19(8-36)30(37)47-29(24)22(34)11-39-27/h11,16-18,38H,2-7,9-10,12-15,37H2,1H3. The number of hydrogen-bond acceptors (Lipinski definition) is 12. The maximum Gasteiger partial charge on any atom is 0.319 e. The first-order chi connectivity index (χ1) is 22.9. The summed E-state index contributed by atoms with van der Waals surface area (Å²) in [5.74, 6) is -0.591. The van der Waals surface area contributed by atoms with E-state index in [1.165, 1.54) is 0 Å². The molecule has 244 valence electrons. The average Bonchev–Trinajstić information content (AvgIpc) is 3.88. The topological polar surface area (TPSA) is 135 Å². The Morgan fingerprint density at radius 2 is 2.00 bits per heavy atom. The van der Waals surface area contributed by atoms with Crippen LogP contribution < -0.4 is 20.7 Å². The highest BCUT2D eigenvalue weighted by Gasteiger charge is 2.49. The van der Waals surface area contributed by atoms with Crippen LogP contribution in [-0.2, 0) is 22.7 Å². The molecule has 11 nitrogen and oxygen atoms in total. The molecule has 9 rings (SSSR count). The molecule has 0 radical (unpaired) electrons. The number of rotatable bonds is 6. The monoisotopic (exact) mass is 660 g/mol. The largest absolute Gasteiger partial charge is 0.461 e. The fraction of sp³-hybridized carbons (Fsp3) is 0.515. The smallest absolute Gasteiger partial charge is 0.319 e. The lowest BCUT2D eigenvalue weighted by Gasteiger charge is -2.37. The van der Waals surface area contributed by atoms with Crippen LogP contribution in [0.15, 0.2) is 6.20 Å². The Bertz CT molecular complexity index is 1980. The third kappa shape index (κ3) is 4.30. The van der Waals surface area contributed by atoms with Crippen LogP contribution in [0.2, 0.25) is 0 Å². The summed E-state index contributed by atoms with van der Waals surface area (Å²) in [5, 5.41) is 14.5. The van der Waals surface area contributed by atoms with Crippen LogP contribution >= 0.6 is 11.3 Å². The summed E-state index contributed by atoms with van der Waals surface area (Å²) >= 11 is 0.955. The van der Waals surface area contributed by atoms with Crippen molar-refractivity contribution in [3.05, 3.63) is 34.5 Å². The number of benzene rings is 1. The molecule has 4 saturated heterocycles. The van der Waals surface area contributed by atoms with Crippen molar-refractivity contribution in [2.45, 2.75) is 69.0 Å². The Morgan fingerprint density at radius 3 is 2.79 bits per heavy atom. The predicted molar refractivity (Wildman–Crippen MR) is 172 cm³/mol. The molecule has 5 aliphatic heterocycles. The van der Waals surface area contributed by atoms with E-state index < -0.39 is 11.6 Å². The Labute approximate surface area is 273 Å². The zero-order valence-electron chi connectivity index (χ0n) is 25.9. The van der Waals surface area contributed by atoms with Gasteiger partial charge in [0.05, 0.1) is 52.4 Å². The van der Waals surface area contributed by atoms with Crippen molar-refractivity contribution in [2.24, 2.45) is 0 Å². The van der Waals surface area contributed by atoms with Crippen LogP contribution in [0.4, 0.5) is 19.6 Å². The van der Waals surface area contributed by atoms with E-state index >= 15 is 4.39 Å². The number of nitriles is 1. The van der Waals surface area contributed by atoms with E-state index in [1.807, 2.05) is 0 Å². The van der Waals surface area contributed by atoms with E-state index in [0.29, 0.717) is 23.4 Å². The van der Waals surface area contributed by atoms with E-state index in [4.69, 9.17) is 29.9 Å². The maximum atomic E-state index is 17.4. The minimum absolute atomic E-state index is 0.0789. The number of fused-ring (bicyclic) bond motifs is 7. The third-order valence-electron chi connectivity index (χ3n) is 11.0. The van der Waals surface area contributed by atoms with Crippen molar-refractivity contribution in [2.75, 3.05) is 50.5 Å². The molecule has 5 aliphatic rings. The average molecular weight is 661 g/mol. The number of anilines is 2. The van der Waals surface area contributed by atoms with Gasteiger partial charge in [0.25, 0.3) is 0 Å². The SMILES string of the molecule is COC1CN2CCCC2(COc2nc(N3C4CCC3CNC4)c3c4c(c(-c5ncc(F)c6sc(N)c(C#N)c56)c(F)c3n2)COC4)C1. The maximum absolute atomic E-state index is 17.4. The Hall–Kier alpha value is -3.74. The number of nitrogen functional groups attached to an aromatic ring is 1. The van der Waals surface area contributed by atoms with Crippen LogP contribution in [0.3, 0.4) is 0 Å². The van der Waals surface area contributed by atoms with Gasteiger partial charge in [-0.2, -0.15) is 15.2 Å². The number of methoxy groups -OCH3 is 1. The summed E-state index contributed by atoms with van der Waals surface area (Å²) < 4.78 is 50.7. The molecule has 0 saturated carbocycles. The fourth-order valence-corrected chi connectivity index (χ4v) is 9.75. The van der Waals surface area contributed by atoms with E-state index in [2.05, 4.69) is 26.2 Å². The lowest BCUT2D eigenvalue weighted by atomic mass is 9.93. The Kier molecular flexibility index (Phi) is 6.82. The van der Waals surface area contributed by atoms with E-state index in [9.17, 15) is 9.65 Å². The second-order valence-corrected chi connectivity index (χ2v) is 14.4. The van der Waals surface area contributed by atoms with Gasteiger partial charge in [-0.05, 0) is 49.8 Å². The lowest BCUT2D eigenvalue weighted by molar-refractivity contribution is 0.0997. The third-order valence-corrected chi connectivity index (χ3v) is 12.0.